The van der Waals surface area contributed by atoms with Crippen LogP contribution < -0.4 is 5.32 Å². The smallest absolute Gasteiger partial charge is 0.236 e. The number of carbonyl (C=O) groups is 2. The molecule has 5 heteroatoms. The van der Waals surface area contributed by atoms with Gasteiger partial charge in [-0.15, -0.1) is 0 Å². The number of amides is 1. The van der Waals surface area contributed by atoms with Crippen LogP contribution in [0.25, 0.3) is 10.8 Å². The fourth-order valence-electron chi connectivity index (χ4n) is 2.93. The first-order chi connectivity index (χ1) is 10.8. The van der Waals surface area contributed by atoms with Crippen LogP contribution in [0.4, 0.5) is 5.82 Å². The van der Waals surface area contributed by atoms with Gasteiger partial charge in [0.15, 0.2) is 0 Å². The van der Waals surface area contributed by atoms with Gasteiger partial charge in [-0.3, -0.25) is 14.6 Å². The lowest BCUT2D eigenvalue weighted by Crippen LogP contribution is -2.30. The molecule has 2 aromatic rings. The van der Waals surface area contributed by atoms with Crippen molar-refractivity contribution < 1.29 is 9.59 Å². The second-order valence-corrected chi connectivity index (χ2v) is 5.72. The summed E-state index contributed by atoms with van der Waals surface area (Å²) >= 11 is 0. The van der Waals surface area contributed by atoms with Gasteiger partial charge >= 0.3 is 0 Å². The molecule has 1 N–H and O–H groups in total. The van der Waals surface area contributed by atoms with Crippen LogP contribution in [-0.2, 0) is 9.59 Å². The van der Waals surface area contributed by atoms with Crippen LogP contribution >= 0.6 is 0 Å². The molecule has 3 rings (SSSR count). The predicted molar refractivity (Wildman–Crippen MR) is 84.4 cm³/mol. The van der Waals surface area contributed by atoms with E-state index < -0.39 is 5.92 Å². The number of fused-ring (bicyclic) bond motifs is 1. The van der Waals surface area contributed by atoms with E-state index in [1.165, 1.54) is 0 Å². The van der Waals surface area contributed by atoms with Gasteiger partial charge in [-0.25, -0.2) is 4.98 Å². The molecule has 0 saturated heterocycles. The minimum atomic E-state index is -0.542. The Bertz CT molecular complexity index is 694. The fraction of sp³-hybridized carbons (Fsp3) is 0.412. The number of anilines is 1. The molecule has 1 atom stereocenters. The van der Waals surface area contributed by atoms with E-state index in [9.17, 15) is 9.59 Å². The second-order valence-electron chi connectivity index (χ2n) is 5.72. The van der Waals surface area contributed by atoms with Crippen molar-refractivity contribution >= 4 is 28.3 Å². The zero-order valence-corrected chi connectivity index (χ0v) is 12.4. The number of aromatic nitrogens is 2. The number of carbonyl (C=O) groups excluding carboxylic acids is 2. The number of hydrogen-bond acceptors (Lipinski definition) is 4. The number of ketones is 1. The third kappa shape index (κ3) is 3.13. The fourth-order valence-corrected chi connectivity index (χ4v) is 2.93. The molecule has 0 spiro atoms. The Morgan fingerprint density at radius 2 is 2.00 bits per heavy atom. The van der Waals surface area contributed by atoms with Crippen LogP contribution in [-0.4, -0.2) is 21.7 Å². The van der Waals surface area contributed by atoms with E-state index >= 15 is 0 Å². The predicted octanol–water partition coefficient (Wildman–Crippen LogP) is 3.11. The van der Waals surface area contributed by atoms with Gasteiger partial charge in [0, 0.05) is 35.8 Å². The molecule has 0 aliphatic heterocycles. The van der Waals surface area contributed by atoms with Gasteiger partial charge in [-0.2, -0.15) is 0 Å². The maximum absolute atomic E-state index is 12.5. The molecule has 0 aromatic carbocycles. The van der Waals surface area contributed by atoms with Crippen LogP contribution in [0.15, 0.2) is 30.7 Å². The van der Waals surface area contributed by atoms with Crippen molar-refractivity contribution in [1.29, 1.82) is 0 Å². The maximum Gasteiger partial charge on any atom is 0.236 e. The van der Waals surface area contributed by atoms with Crippen molar-refractivity contribution in [3.63, 3.8) is 0 Å². The van der Waals surface area contributed by atoms with Gasteiger partial charge in [0.1, 0.15) is 11.6 Å². The molecule has 0 radical (unpaired) electrons. The van der Waals surface area contributed by atoms with Crippen LogP contribution in [0, 0.1) is 5.92 Å². The molecular formula is C17H19N3O2. The second kappa shape index (κ2) is 6.64. The number of nitrogens with one attached hydrogen (secondary N) is 1. The average molecular weight is 297 g/mol. The van der Waals surface area contributed by atoms with Crippen molar-refractivity contribution in [2.24, 2.45) is 5.92 Å². The summed E-state index contributed by atoms with van der Waals surface area (Å²) in [6.45, 7) is 0. The highest BCUT2D eigenvalue weighted by Crippen LogP contribution is 2.23. The first-order valence-electron chi connectivity index (χ1n) is 7.78. The topological polar surface area (TPSA) is 72.0 Å². The quantitative estimate of drug-likeness (QED) is 0.864. The van der Waals surface area contributed by atoms with E-state index in [0.29, 0.717) is 18.7 Å². The highest BCUT2D eigenvalue weighted by molar-refractivity contribution is 6.09. The minimum Gasteiger partial charge on any atom is -0.310 e. The molecule has 1 amide bonds. The third-order valence-corrected chi connectivity index (χ3v) is 4.18. The van der Waals surface area contributed by atoms with Crippen LogP contribution in [0.3, 0.4) is 0 Å². The molecule has 22 heavy (non-hydrogen) atoms. The molecule has 5 nitrogen and oxygen atoms in total. The van der Waals surface area contributed by atoms with Gasteiger partial charge in [-0.1, -0.05) is 19.3 Å². The Kier molecular flexibility index (Phi) is 4.42. The lowest BCUT2D eigenvalue weighted by molar-refractivity contribution is -0.131. The zero-order chi connectivity index (χ0) is 15.4. The summed E-state index contributed by atoms with van der Waals surface area (Å²) in [6, 6.07) is 3.66. The first kappa shape index (κ1) is 14.6. The van der Waals surface area contributed by atoms with E-state index in [1.807, 2.05) is 12.1 Å². The Morgan fingerprint density at radius 3 is 2.91 bits per heavy atom. The number of pyridine rings is 2. The maximum atomic E-state index is 12.5. The van der Waals surface area contributed by atoms with Crippen molar-refractivity contribution in [2.75, 3.05) is 5.32 Å². The van der Waals surface area contributed by atoms with Crippen molar-refractivity contribution in [1.82, 2.24) is 9.97 Å². The monoisotopic (exact) mass is 297 g/mol. The van der Waals surface area contributed by atoms with Crippen molar-refractivity contribution in [3.8, 4) is 0 Å². The lowest BCUT2D eigenvalue weighted by Gasteiger charge is -2.18. The van der Waals surface area contributed by atoms with Gasteiger partial charge in [0.2, 0.25) is 5.91 Å². The molecule has 1 saturated carbocycles. The SMILES string of the molecule is O=C1CCCCCCC1C(=O)Nc1nccc2cnccc12. The highest BCUT2D eigenvalue weighted by Gasteiger charge is 2.27. The molecule has 2 aromatic heterocycles. The number of hydrogen-bond donors (Lipinski definition) is 1. The molecule has 114 valence electrons. The van der Waals surface area contributed by atoms with Crippen molar-refractivity contribution in [3.05, 3.63) is 30.7 Å². The molecule has 1 aliphatic carbocycles. The largest absolute Gasteiger partial charge is 0.310 e. The molecular weight excluding hydrogens is 278 g/mol. The summed E-state index contributed by atoms with van der Waals surface area (Å²) in [7, 11) is 0. The van der Waals surface area contributed by atoms with Gasteiger partial charge in [0.25, 0.3) is 0 Å². The Labute approximate surface area is 129 Å². The summed E-state index contributed by atoms with van der Waals surface area (Å²) < 4.78 is 0. The van der Waals surface area contributed by atoms with E-state index in [4.69, 9.17) is 0 Å². The molecule has 2 heterocycles. The summed E-state index contributed by atoms with van der Waals surface area (Å²) in [5.41, 5.74) is 0. The van der Waals surface area contributed by atoms with E-state index in [-0.39, 0.29) is 11.7 Å². The Hall–Kier alpha value is -2.30. The average Bonchev–Trinajstić information content (AvgIpc) is 2.51. The van der Waals surface area contributed by atoms with Gasteiger partial charge in [-0.05, 0) is 25.0 Å². The molecule has 1 aliphatic rings. The van der Waals surface area contributed by atoms with Gasteiger partial charge in [0.05, 0.1) is 5.92 Å². The van der Waals surface area contributed by atoms with E-state index in [2.05, 4.69) is 15.3 Å². The highest BCUT2D eigenvalue weighted by atomic mass is 16.2. The summed E-state index contributed by atoms with van der Waals surface area (Å²) in [6.07, 6.45) is 10.2. The van der Waals surface area contributed by atoms with E-state index in [1.54, 1.807) is 18.6 Å². The normalized spacial score (nSPS) is 19.5. The lowest BCUT2D eigenvalue weighted by atomic mass is 9.89. The summed E-state index contributed by atoms with van der Waals surface area (Å²) in [4.78, 5) is 33.0. The first-order valence-corrected chi connectivity index (χ1v) is 7.78. The molecule has 1 unspecified atom stereocenters. The number of Topliss-reactive ketones (excluding diaryl/α,β-unsaturated/α-hetero) is 1. The minimum absolute atomic E-state index is 0.0547. The Morgan fingerprint density at radius 1 is 1.14 bits per heavy atom. The third-order valence-electron chi connectivity index (χ3n) is 4.18. The Balaban J connectivity index is 1.81. The molecule has 1 fully saturated rings. The summed E-state index contributed by atoms with van der Waals surface area (Å²) in [5, 5.41) is 4.59. The summed E-state index contributed by atoms with van der Waals surface area (Å²) in [5.74, 6) is -0.221. The number of nitrogens with zero attached hydrogens (tertiary/aromatic N) is 2. The standard InChI is InChI=1S/C17H19N3O2/c21-15-6-4-2-1-3-5-14(15)17(22)20-16-13-8-9-18-11-12(13)7-10-19-16/h7-11,14H,1-6H2,(H,19,20,22). The zero-order valence-electron chi connectivity index (χ0n) is 12.4. The van der Waals surface area contributed by atoms with Crippen molar-refractivity contribution in [2.45, 2.75) is 38.5 Å². The van der Waals surface area contributed by atoms with Crippen LogP contribution in [0.1, 0.15) is 38.5 Å². The number of rotatable bonds is 2. The van der Waals surface area contributed by atoms with Gasteiger partial charge < -0.3 is 5.32 Å². The van der Waals surface area contributed by atoms with Crippen LogP contribution in [0.5, 0.6) is 0 Å². The van der Waals surface area contributed by atoms with E-state index in [0.717, 1.165) is 36.5 Å². The molecule has 0 bridgehead atoms. The van der Waals surface area contributed by atoms with Crippen LogP contribution in [0.2, 0.25) is 0 Å².